The Morgan fingerprint density at radius 3 is 2.67 bits per heavy atom. The zero-order valence-corrected chi connectivity index (χ0v) is 10.2. The molecule has 1 heterocycles. The first-order valence-corrected chi connectivity index (χ1v) is 5.96. The van der Waals surface area contributed by atoms with Crippen LogP contribution in [-0.4, -0.2) is 36.4 Å². The zero-order valence-electron chi connectivity index (χ0n) is 10.2. The van der Waals surface area contributed by atoms with Gasteiger partial charge in [-0.1, -0.05) is 0 Å². The van der Waals surface area contributed by atoms with E-state index in [0.717, 1.165) is 12.6 Å². The SMILES string of the molecule is CC(=O)C1CNCCN1Cc1cc(F)cc(F)c1. The van der Waals surface area contributed by atoms with Crippen molar-refractivity contribution in [1.29, 1.82) is 0 Å². The second kappa shape index (κ2) is 5.54. The molecule has 1 aromatic carbocycles. The summed E-state index contributed by atoms with van der Waals surface area (Å²) in [6, 6.07) is 3.25. The average Bonchev–Trinajstić information content (AvgIpc) is 2.27. The molecule has 0 bridgehead atoms. The van der Waals surface area contributed by atoms with Crippen LogP contribution >= 0.6 is 0 Å². The normalized spacial score (nSPS) is 20.9. The molecule has 3 nitrogen and oxygen atoms in total. The molecule has 1 fully saturated rings. The number of halogens is 2. The van der Waals surface area contributed by atoms with Gasteiger partial charge in [0.1, 0.15) is 17.4 Å². The van der Waals surface area contributed by atoms with Crippen molar-refractivity contribution in [2.75, 3.05) is 19.6 Å². The lowest BCUT2D eigenvalue weighted by molar-refractivity contribution is -0.122. The second-order valence-corrected chi connectivity index (χ2v) is 4.58. The smallest absolute Gasteiger partial charge is 0.148 e. The number of nitrogens with one attached hydrogen (secondary N) is 1. The number of carbonyl (C=O) groups excluding carboxylic acids is 1. The summed E-state index contributed by atoms with van der Waals surface area (Å²) in [5, 5.41) is 3.14. The Kier molecular flexibility index (Phi) is 4.04. The van der Waals surface area contributed by atoms with E-state index in [9.17, 15) is 13.6 Å². The molecule has 98 valence electrons. The lowest BCUT2D eigenvalue weighted by Gasteiger charge is -2.34. The fraction of sp³-hybridized carbons (Fsp3) is 0.462. The van der Waals surface area contributed by atoms with Crippen LogP contribution in [0.25, 0.3) is 0 Å². The summed E-state index contributed by atoms with van der Waals surface area (Å²) < 4.78 is 26.2. The molecule has 1 atom stereocenters. The third-order valence-corrected chi connectivity index (χ3v) is 3.13. The lowest BCUT2D eigenvalue weighted by atomic mass is 10.1. The van der Waals surface area contributed by atoms with Gasteiger partial charge in [0, 0.05) is 32.2 Å². The first-order valence-electron chi connectivity index (χ1n) is 5.96. The molecular formula is C13H16F2N2O. The molecule has 0 radical (unpaired) electrons. The number of hydrogen-bond acceptors (Lipinski definition) is 3. The van der Waals surface area contributed by atoms with Gasteiger partial charge >= 0.3 is 0 Å². The molecule has 1 aliphatic heterocycles. The van der Waals surface area contributed by atoms with Crippen molar-refractivity contribution in [3.63, 3.8) is 0 Å². The van der Waals surface area contributed by atoms with Gasteiger partial charge in [-0.15, -0.1) is 0 Å². The molecule has 18 heavy (non-hydrogen) atoms. The summed E-state index contributed by atoms with van der Waals surface area (Å²) in [7, 11) is 0. The zero-order chi connectivity index (χ0) is 13.1. The van der Waals surface area contributed by atoms with Gasteiger partial charge in [0.25, 0.3) is 0 Å². The molecule has 1 aromatic rings. The summed E-state index contributed by atoms with van der Waals surface area (Å²) in [5.41, 5.74) is 0.556. The maximum absolute atomic E-state index is 13.1. The van der Waals surface area contributed by atoms with E-state index in [2.05, 4.69) is 5.32 Å². The van der Waals surface area contributed by atoms with Crippen molar-refractivity contribution >= 4 is 5.78 Å². The summed E-state index contributed by atoms with van der Waals surface area (Å²) in [4.78, 5) is 13.5. The molecule has 2 rings (SSSR count). The fourth-order valence-corrected chi connectivity index (χ4v) is 2.27. The Bertz CT molecular complexity index is 430. The quantitative estimate of drug-likeness (QED) is 0.883. The summed E-state index contributed by atoms with van der Waals surface area (Å²) in [5.74, 6) is -1.10. The van der Waals surface area contributed by atoms with Crippen molar-refractivity contribution in [3.8, 4) is 0 Å². The average molecular weight is 254 g/mol. The third kappa shape index (κ3) is 3.11. The monoisotopic (exact) mass is 254 g/mol. The van der Waals surface area contributed by atoms with E-state index in [1.54, 1.807) is 0 Å². The molecule has 1 saturated heterocycles. The highest BCUT2D eigenvalue weighted by Gasteiger charge is 2.25. The van der Waals surface area contributed by atoms with Crippen LogP contribution < -0.4 is 5.32 Å². The third-order valence-electron chi connectivity index (χ3n) is 3.13. The standard InChI is InChI=1S/C13H16F2N2O/c1-9(18)13-7-16-2-3-17(13)8-10-4-11(14)6-12(15)5-10/h4-6,13,16H,2-3,7-8H2,1H3. The molecule has 0 amide bonds. The van der Waals surface area contributed by atoms with Crippen LogP contribution in [0.2, 0.25) is 0 Å². The number of ketones is 1. The van der Waals surface area contributed by atoms with Gasteiger partial charge < -0.3 is 5.32 Å². The van der Waals surface area contributed by atoms with E-state index in [1.807, 2.05) is 4.90 Å². The highest BCUT2D eigenvalue weighted by atomic mass is 19.1. The van der Waals surface area contributed by atoms with E-state index in [4.69, 9.17) is 0 Å². The predicted octanol–water partition coefficient (Wildman–Crippen LogP) is 1.33. The van der Waals surface area contributed by atoms with E-state index in [0.29, 0.717) is 25.2 Å². The lowest BCUT2D eigenvalue weighted by Crippen LogP contribution is -2.53. The van der Waals surface area contributed by atoms with Crippen LogP contribution in [-0.2, 0) is 11.3 Å². The van der Waals surface area contributed by atoms with Gasteiger partial charge in [-0.2, -0.15) is 0 Å². The molecule has 0 spiro atoms. The van der Waals surface area contributed by atoms with Gasteiger partial charge in [0.05, 0.1) is 6.04 Å². The highest BCUT2D eigenvalue weighted by molar-refractivity contribution is 5.81. The van der Waals surface area contributed by atoms with Gasteiger partial charge in [-0.25, -0.2) is 8.78 Å². The van der Waals surface area contributed by atoms with Crippen LogP contribution in [0.1, 0.15) is 12.5 Å². The number of carbonyl (C=O) groups is 1. The minimum absolute atomic E-state index is 0.0686. The van der Waals surface area contributed by atoms with E-state index in [1.165, 1.54) is 19.1 Å². The minimum Gasteiger partial charge on any atom is -0.313 e. The van der Waals surface area contributed by atoms with Gasteiger partial charge in [-0.3, -0.25) is 9.69 Å². The largest absolute Gasteiger partial charge is 0.313 e. The minimum atomic E-state index is -0.584. The first-order chi connectivity index (χ1) is 8.56. The highest BCUT2D eigenvalue weighted by Crippen LogP contribution is 2.14. The van der Waals surface area contributed by atoms with Crippen LogP contribution in [0.5, 0.6) is 0 Å². The molecule has 0 aliphatic carbocycles. The summed E-state index contributed by atoms with van der Waals surface area (Å²) in [6.45, 7) is 3.99. The molecular weight excluding hydrogens is 238 g/mol. The van der Waals surface area contributed by atoms with Gasteiger partial charge in [-0.05, 0) is 24.6 Å². The number of rotatable bonds is 3. The number of benzene rings is 1. The topological polar surface area (TPSA) is 32.3 Å². The van der Waals surface area contributed by atoms with Crippen molar-refractivity contribution in [1.82, 2.24) is 10.2 Å². The van der Waals surface area contributed by atoms with E-state index < -0.39 is 11.6 Å². The van der Waals surface area contributed by atoms with Crippen LogP contribution in [0.3, 0.4) is 0 Å². The first kappa shape index (κ1) is 13.1. The van der Waals surface area contributed by atoms with Gasteiger partial charge in [0.15, 0.2) is 0 Å². The molecule has 1 unspecified atom stereocenters. The van der Waals surface area contributed by atoms with Crippen molar-refractivity contribution in [2.24, 2.45) is 0 Å². The fourth-order valence-electron chi connectivity index (χ4n) is 2.27. The maximum atomic E-state index is 13.1. The predicted molar refractivity (Wildman–Crippen MR) is 64.1 cm³/mol. The Morgan fingerprint density at radius 1 is 1.39 bits per heavy atom. The molecule has 5 heteroatoms. The molecule has 0 aromatic heterocycles. The summed E-state index contributed by atoms with van der Waals surface area (Å²) >= 11 is 0. The molecule has 1 aliphatic rings. The van der Waals surface area contributed by atoms with E-state index >= 15 is 0 Å². The van der Waals surface area contributed by atoms with Crippen molar-refractivity contribution in [2.45, 2.75) is 19.5 Å². The Hall–Kier alpha value is -1.33. The summed E-state index contributed by atoms with van der Waals surface area (Å²) in [6.07, 6.45) is 0. The van der Waals surface area contributed by atoms with Crippen molar-refractivity contribution < 1.29 is 13.6 Å². The molecule has 0 saturated carbocycles. The second-order valence-electron chi connectivity index (χ2n) is 4.58. The number of piperazine rings is 1. The number of nitrogens with zero attached hydrogens (tertiary/aromatic N) is 1. The van der Waals surface area contributed by atoms with Crippen LogP contribution in [0.4, 0.5) is 8.78 Å². The van der Waals surface area contributed by atoms with Crippen LogP contribution in [0.15, 0.2) is 18.2 Å². The van der Waals surface area contributed by atoms with E-state index in [-0.39, 0.29) is 11.8 Å². The molecule has 1 N–H and O–H groups in total. The van der Waals surface area contributed by atoms with Gasteiger partial charge in [0.2, 0.25) is 0 Å². The Morgan fingerprint density at radius 2 is 2.06 bits per heavy atom. The Balaban J connectivity index is 2.13. The Labute approximate surface area is 105 Å². The van der Waals surface area contributed by atoms with Crippen molar-refractivity contribution in [3.05, 3.63) is 35.4 Å². The van der Waals surface area contributed by atoms with Crippen LogP contribution in [0, 0.1) is 11.6 Å². The number of hydrogen-bond donors (Lipinski definition) is 1. The number of Topliss-reactive ketones (excluding diaryl/α,β-unsaturated/α-hetero) is 1. The maximum Gasteiger partial charge on any atom is 0.148 e.